The van der Waals surface area contributed by atoms with Crippen LogP contribution in [0.2, 0.25) is 0 Å². The number of rotatable bonds is 6. The zero-order valence-corrected chi connectivity index (χ0v) is 12.9. The minimum Gasteiger partial charge on any atom is -0.399 e. The van der Waals surface area contributed by atoms with Crippen molar-refractivity contribution in [1.82, 2.24) is 10.2 Å². The van der Waals surface area contributed by atoms with Crippen LogP contribution in [-0.2, 0) is 4.79 Å². The Morgan fingerprint density at radius 1 is 1.35 bits per heavy atom. The van der Waals surface area contributed by atoms with Crippen molar-refractivity contribution in [3.63, 3.8) is 0 Å². The molecule has 0 radical (unpaired) electrons. The molecule has 0 heterocycles. The molecule has 1 rings (SSSR count). The van der Waals surface area contributed by atoms with Crippen LogP contribution in [0, 0.1) is 0 Å². The molecular formula is C14H21N3O2S. The second-order valence-electron chi connectivity index (χ2n) is 4.61. The first-order valence-corrected chi connectivity index (χ1v) is 7.73. The maximum Gasteiger partial charge on any atom is 0.251 e. The third-order valence-electron chi connectivity index (χ3n) is 3.04. The van der Waals surface area contributed by atoms with E-state index in [4.69, 9.17) is 5.73 Å². The van der Waals surface area contributed by atoms with Crippen molar-refractivity contribution in [2.75, 3.05) is 31.3 Å². The number of likely N-dealkylation sites (N-methyl/N-ethyl adjacent to an activating group) is 1. The quantitative estimate of drug-likeness (QED) is 0.774. The van der Waals surface area contributed by atoms with Gasteiger partial charge in [0.2, 0.25) is 5.91 Å². The summed E-state index contributed by atoms with van der Waals surface area (Å²) in [5.41, 5.74) is 6.65. The normalized spacial score (nSPS) is 11.8. The number of hydrogen-bond donors (Lipinski definition) is 2. The maximum atomic E-state index is 11.9. The zero-order valence-electron chi connectivity index (χ0n) is 12.1. The lowest BCUT2D eigenvalue weighted by Gasteiger charge is -2.24. The average Bonchev–Trinajstić information content (AvgIpc) is 2.44. The maximum absolute atomic E-state index is 11.9. The van der Waals surface area contributed by atoms with E-state index in [1.54, 1.807) is 48.0 Å². The van der Waals surface area contributed by atoms with Crippen LogP contribution in [0.1, 0.15) is 17.3 Å². The summed E-state index contributed by atoms with van der Waals surface area (Å²) >= 11 is 1.68. The van der Waals surface area contributed by atoms with Crippen LogP contribution in [0.4, 0.5) is 5.69 Å². The van der Waals surface area contributed by atoms with E-state index >= 15 is 0 Å². The molecule has 0 aliphatic rings. The molecule has 0 aliphatic carbocycles. The molecule has 1 atom stereocenters. The largest absolute Gasteiger partial charge is 0.399 e. The van der Waals surface area contributed by atoms with Gasteiger partial charge in [-0.2, -0.15) is 11.8 Å². The highest BCUT2D eigenvalue weighted by molar-refractivity contribution is 7.98. The van der Waals surface area contributed by atoms with Crippen LogP contribution >= 0.6 is 11.8 Å². The Labute approximate surface area is 123 Å². The third-order valence-corrected chi connectivity index (χ3v) is 3.85. The molecule has 1 aromatic rings. The number of hydrogen-bond acceptors (Lipinski definition) is 4. The van der Waals surface area contributed by atoms with Gasteiger partial charge < -0.3 is 16.0 Å². The molecule has 0 aliphatic heterocycles. The fraction of sp³-hybridized carbons (Fsp3) is 0.429. The van der Waals surface area contributed by atoms with Gasteiger partial charge in [-0.15, -0.1) is 0 Å². The van der Waals surface area contributed by atoms with E-state index in [0.717, 1.165) is 5.75 Å². The molecule has 1 unspecified atom stereocenters. The average molecular weight is 295 g/mol. The van der Waals surface area contributed by atoms with E-state index in [1.807, 2.05) is 13.2 Å². The van der Waals surface area contributed by atoms with Gasteiger partial charge in [-0.3, -0.25) is 9.59 Å². The van der Waals surface area contributed by atoms with E-state index in [9.17, 15) is 9.59 Å². The fourth-order valence-electron chi connectivity index (χ4n) is 1.62. The lowest BCUT2D eigenvalue weighted by atomic mass is 10.2. The van der Waals surface area contributed by atoms with Gasteiger partial charge in [-0.05, 0) is 37.4 Å². The van der Waals surface area contributed by atoms with E-state index in [2.05, 4.69) is 5.32 Å². The number of nitrogens with two attached hydrogens (primary N) is 1. The molecule has 110 valence electrons. The van der Waals surface area contributed by atoms with Crippen LogP contribution in [0.3, 0.4) is 0 Å². The number of carbonyl (C=O) groups excluding carboxylic acids is 2. The minimum atomic E-state index is -0.274. The molecule has 3 N–H and O–H groups in total. The SMILES string of the molecule is CSCC(C)N(C)C(=O)CNC(=O)c1ccc(N)cc1. The van der Waals surface area contributed by atoms with Gasteiger partial charge in [-0.1, -0.05) is 0 Å². The zero-order chi connectivity index (χ0) is 15.1. The Morgan fingerprint density at radius 3 is 2.50 bits per heavy atom. The first kappa shape index (κ1) is 16.4. The van der Waals surface area contributed by atoms with Gasteiger partial charge in [0, 0.05) is 30.1 Å². The molecule has 0 spiro atoms. The van der Waals surface area contributed by atoms with Gasteiger partial charge in [0.25, 0.3) is 5.91 Å². The second kappa shape index (κ2) is 7.79. The molecule has 0 aromatic heterocycles. The Bertz CT molecular complexity index is 462. The van der Waals surface area contributed by atoms with Crippen LogP contribution in [-0.4, -0.2) is 48.4 Å². The lowest BCUT2D eigenvalue weighted by Crippen LogP contribution is -2.43. The van der Waals surface area contributed by atoms with Crippen LogP contribution in [0.5, 0.6) is 0 Å². The molecule has 6 heteroatoms. The van der Waals surface area contributed by atoms with Gasteiger partial charge in [0.05, 0.1) is 6.54 Å². The van der Waals surface area contributed by atoms with Crippen molar-refractivity contribution < 1.29 is 9.59 Å². The predicted octanol–water partition coefficient (Wildman–Crippen LogP) is 1.21. The van der Waals surface area contributed by atoms with Crippen molar-refractivity contribution in [3.8, 4) is 0 Å². The first-order valence-electron chi connectivity index (χ1n) is 6.34. The summed E-state index contributed by atoms with van der Waals surface area (Å²) in [6, 6.07) is 6.72. The number of anilines is 1. The summed E-state index contributed by atoms with van der Waals surface area (Å²) in [6.07, 6.45) is 2.00. The van der Waals surface area contributed by atoms with Gasteiger partial charge in [0.15, 0.2) is 0 Å². The molecule has 5 nitrogen and oxygen atoms in total. The summed E-state index contributed by atoms with van der Waals surface area (Å²) in [5.74, 6) is 0.494. The Morgan fingerprint density at radius 2 is 1.95 bits per heavy atom. The van der Waals surface area contributed by atoms with Gasteiger partial charge >= 0.3 is 0 Å². The van der Waals surface area contributed by atoms with E-state index in [0.29, 0.717) is 11.3 Å². The number of amides is 2. The molecular weight excluding hydrogens is 274 g/mol. The lowest BCUT2D eigenvalue weighted by molar-refractivity contribution is -0.130. The molecule has 20 heavy (non-hydrogen) atoms. The molecule has 1 aromatic carbocycles. The van der Waals surface area contributed by atoms with Crippen LogP contribution in [0.25, 0.3) is 0 Å². The van der Waals surface area contributed by atoms with Crippen molar-refractivity contribution in [1.29, 1.82) is 0 Å². The van der Waals surface area contributed by atoms with E-state index in [-0.39, 0.29) is 24.4 Å². The van der Waals surface area contributed by atoms with Crippen LogP contribution < -0.4 is 11.1 Å². The molecule has 0 fully saturated rings. The predicted molar refractivity (Wildman–Crippen MR) is 83.8 cm³/mol. The molecule has 2 amide bonds. The van der Waals surface area contributed by atoms with E-state index in [1.165, 1.54) is 0 Å². The summed E-state index contributed by atoms with van der Waals surface area (Å²) < 4.78 is 0. The van der Waals surface area contributed by atoms with Gasteiger partial charge in [0.1, 0.15) is 0 Å². The topological polar surface area (TPSA) is 75.4 Å². The van der Waals surface area contributed by atoms with Crippen molar-refractivity contribution in [2.24, 2.45) is 0 Å². The smallest absolute Gasteiger partial charge is 0.251 e. The standard InChI is InChI=1S/C14H21N3O2S/c1-10(9-20-3)17(2)13(18)8-16-14(19)11-4-6-12(15)7-5-11/h4-7,10H,8-9,15H2,1-3H3,(H,16,19). The number of nitrogens with one attached hydrogen (secondary N) is 1. The Hall–Kier alpha value is -1.69. The first-order chi connectivity index (χ1) is 9.45. The summed E-state index contributed by atoms with van der Waals surface area (Å²) in [5, 5.41) is 2.62. The second-order valence-corrected chi connectivity index (χ2v) is 5.52. The fourth-order valence-corrected chi connectivity index (χ4v) is 2.32. The van der Waals surface area contributed by atoms with Crippen molar-refractivity contribution in [2.45, 2.75) is 13.0 Å². The van der Waals surface area contributed by atoms with Gasteiger partial charge in [-0.25, -0.2) is 0 Å². The Kier molecular flexibility index (Phi) is 6.38. The summed E-state index contributed by atoms with van der Waals surface area (Å²) in [7, 11) is 1.75. The Balaban J connectivity index is 2.48. The highest BCUT2D eigenvalue weighted by Crippen LogP contribution is 2.06. The highest BCUT2D eigenvalue weighted by atomic mass is 32.2. The summed E-state index contributed by atoms with van der Waals surface area (Å²) in [4.78, 5) is 25.4. The molecule has 0 saturated carbocycles. The number of carbonyl (C=O) groups is 2. The van der Waals surface area contributed by atoms with E-state index < -0.39 is 0 Å². The summed E-state index contributed by atoms with van der Waals surface area (Å²) in [6.45, 7) is 1.98. The number of thioether (sulfide) groups is 1. The number of nitrogen functional groups attached to an aromatic ring is 1. The minimum absolute atomic E-state index is 0.00156. The number of benzene rings is 1. The van der Waals surface area contributed by atoms with Crippen molar-refractivity contribution >= 4 is 29.3 Å². The monoisotopic (exact) mass is 295 g/mol. The molecule has 0 saturated heterocycles. The highest BCUT2D eigenvalue weighted by Gasteiger charge is 2.16. The third kappa shape index (κ3) is 4.77. The van der Waals surface area contributed by atoms with Crippen molar-refractivity contribution in [3.05, 3.63) is 29.8 Å². The van der Waals surface area contributed by atoms with Crippen LogP contribution in [0.15, 0.2) is 24.3 Å². The number of nitrogens with zero attached hydrogens (tertiary/aromatic N) is 1. The molecule has 0 bridgehead atoms.